The van der Waals surface area contributed by atoms with Crippen LogP contribution in [0.2, 0.25) is 0 Å². The molecule has 0 bridgehead atoms. The molecular weight excluding hydrogens is 188 g/mol. The molecule has 0 unspecified atom stereocenters. The molecule has 1 aliphatic carbocycles. The fourth-order valence-electron chi connectivity index (χ4n) is 1.54. The molecule has 1 aliphatic rings. The first-order chi connectivity index (χ1) is 7.35. The summed E-state index contributed by atoms with van der Waals surface area (Å²) < 4.78 is 4.70. The minimum atomic E-state index is 0.730. The van der Waals surface area contributed by atoms with Gasteiger partial charge in [-0.15, -0.1) is 0 Å². The maximum absolute atomic E-state index is 5.42. The van der Waals surface area contributed by atoms with Crippen molar-refractivity contribution < 1.29 is 4.74 Å². The summed E-state index contributed by atoms with van der Waals surface area (Å²) in [6, 6.07) is 0. The molecule has 0 fully saturated rings. The van der Waals surface area contributed by atoms with Crippen LogP contribution < -0.4 is 11.5 Å². The molecule has 4 N–H and O–H groups in total. The number of allylic oxidation sites excluding steroid dienone is 1. The molecule has 90 valence electrons. The Bertz CT molecular complexity index is 154. The van der Waals surface area contributed by atoms with Gasteiger partial charge in [0.15, 0.2) is 0 Å². The molecule has 0 atom stereocenters. The Morgan fingerprint density at radius 2 is 2.07 bits per heavy atom. The zero-order chi connectivity index (χ0) is 11.4. The summed E-state index contributed by atoms with van der Waals surface area (Å²) in [6.45, 7) is 2.34. The topological polar surface area (TPSA) is 61.3 Å². The van der Waals surface area contributed by atoms with Crippen molar-refractivity contribution in [1.82, 2.24) is 0 Å². The Balaban J connectivity index is 0.000000288. The third-order valence-electron chi connectivity index (χ3n) is 2.40. The molecular formula is C12H26N2O. The molecule has 3 heteroatoms. The van der Waals surface area contributed by atoms with Crippen LogP contribution in [0, 0.1) is 0 Å². The van der Waals surface area contributed by atoms with E-state index < -0.39 is 0 Å². The van der Waals surface area contributed by atoms with Crippen LogP contribution in [0.15, 0.2) is 11.6 Å². The second-order valence-electron chi connectivity index (χ2n) is 3.78. The van der Waals surface area contributed by atoms with Gasteiger partial charge in [0.1, 0.15) is 0 Å². The number of rotatable bonds is 5. The van der Waals surface area contributed by atoms with Gasteiger partial charge in [-0.25, -0.2) is 0 Å². The molecule has 1 rings (SSSR count). The van der Waals surface area contributed by atoms with Crippen LogP contribution in [0.5, 0.6) is 0 Å². The first-order valence-electron chi connectivity index (χ1n) is 5.92. The van der Waals surface area contributed by atoms with Crippen LogP contribution in [0.4, 0.5) is 0 Å². The van der Waals surface area contributed by atoms with E-state index in [4.69, 9.17) is 16.2 Å². The van der Waals surface area contributed by atoms with E-state index in [9.17, 15) is 0 Å². The van der Waals surface area contributed by atoms with Gasteiger partial charge in [-0.1, -0.05) is 11.6 Å². The summed E-state index contributed by atoms with van der Waals surface area (Å²) in [5, 5.41) is 0. The monoisotopic (exact) mass is 214 g/mol. The van der Waals surface area contributed by atoms with Crippen LogP contribution in [-0.2, 0) is 4.74 Å². The second-order valence-corrected chi connectivity index (χ2v) is 3.78. The van der Waals surface area contributed by atoms with Gasteiger partial charge < -0.3 is 16.2 Å². The smallest absolute Gasteiger partial charge is 0.0474 e. The Labute approximate surface area is 93.9 Å². The summed E-state index contributed by atoms with van der Waals surface area (Å²) in [5.74, 6) is 0. The lowest BCUT2D eigenvalue weighted by Gasteiger charge is -2.10. The summed E-state index contributed by atoms with van der Waals surface area (Å²) in [4.78, 5) is 0. The minimum Gasteiger partial charge on any atom is -0.385 e. The highest BCUT2D eigenvalue weighted by Gasteiger charge is 2.00. The average molecular weight is 214 g/mol. The van der Waals surface area contributed by atoms with E-state index >= 15 is 0 Å². The number of hydrogen-bond acceptors (Lipinski definition) is 3. The number of hydrogen-bond donors (Lipinski definition) is 2. The number of methoxy groups -OCH3 is 1. The lowest BCUT2D eigenvalue weighted by molar-refractivity contribution is 0.197. The molecule has 0 aromatic heterocycles. The zero-order valence-corrected chi connectivity index (χ0v) is 10.0. The molecule has 0 spiro atoms. The molecule has 0 heterocycles. The van der Waals surface area contributed by atoms with Crippen molar-refractivity contribution >= 4 is 0 Å². The molecule has 0 saturated carbocycles. The van der Waals surface area contributed by atoms with Gasteiger partial charge >= 0.3 is 0 Å². The predicted molar refractivity (Wildman–Crippen MR) is 65.8 cm³/mol. The maximum Gasteiger partial charge on any atom is 0.0474 e. The highest BCUT2D eigenvalue weighted by molar-refractivity contribution is 5.04. The van der Waals surface area contributed by atoms with E-state index in [-0.39, 0.29) is 0 Å². The molecule has 0 aliphatic heterocycles. The van der Waals surface area contributed by atoms with Crippen molar-refractivity contribution in [3.63, 3.8) is 0 Å². The van der Waals surface area contributed by atoms with Gasteiger partial charge in [0.25, 0.3) is 0 Å². The van der Waals surface area contributed by atoms with Crippen LogP contribution in [0.1, 0.15) is 38.5 Å². The fourth-order valence-corrected chi connectivity index (χ4v) is 1.54. The van der Waals surface area contributed by atoms with Crippen molar-refractivity contribution in [2.75, 3.05) is 26.8 Å². The van der Waals surface area contributed by atoms with Crippen LogP contribution >= 0.6 is 0 Å². The van der Waals surface area contributed by atoms with Crippen molar-refractivity contribution in [2.24, 2.45) is 11.5 Å². The van der Waals surface area contributed by atoms with Crippen molar-refractivity contribution in [2.45, 2.75) is 38.5 Å². The fraction of sp³-hybridized carbons (Fsp3) is 0.833. The number of nitrogens with two attached hydrogens (primary N) is 2. The second kappa shape index (κ2) is 11.7. The molecule has 15 heavy (non-hydrogen) atoms. The third kappa shape index (κ3) is 9.91. The minimum absolute atomic E-state index is 0.730. The van der Waals surface area contributed by atoms with E-state index in [0.29, 0.717) is 0 Å². The Morgan fingerprint density at radius 3 is 2.47 bits per heavy atom. The van der Waals surface area contributed by atoms with E-state index in [1.54, 1.807) is 12.7 Å². The van der Waals surface area contributed by atoms with Gasteiger partial charge in [0, 0.05) is 13.7 Å². The van der Waals surface area contributed by atoms with E-state index in [1.807, 2.05) is 0 Å². The standard InChI is InChI=1S/C8H15N.C4H11NO/c9-7-6-8-4-2-1-3-5-8;1-6-4-2-3-5/h4H,1-3,5-7,9H2;2-5H2,1H3. The first-order valence-corrected chi connectivity index (χ1v) is 5.92. The Kier molecular flexibility index (Phi) is 11.4. The van der Waals surface area contributed by atoms with Crippen LogP contribution in [0.3, 0.4) is 0 Å². The van der Waals surface area contributed by atoms with Crippen molar-refractivity contribution in [3.8, 4) is 0 Å². The number of ether oxygens (including phenoxy) is 1. The summed E-state index contributed by atoms with van der Waals surface area (Å²) in [6.07, 6.45) is 9.80. The van der Waals surface area contributed by atoms with Gasteiger partial charge in [-0.05, 0) is 51.6 Å². The maximum atomic E-state index is 5.42. The van der Waals surface area contributed by atoms with Crippen molar-refractivity contribution in [1.29, 1.82) is 0 Å². The lowest BCUT2D eigenvalue weighted by Crippen LogP contribution is -2.02. The highest BCUT2D eigenvalue weighted by Crippen LogP contribution is 2.18. The summed E-state index contributed by atoms with van der Waals surface area (Å²) in [5.41, 5.74) is 12.1. The Hall–Kier alpha value is -0.380. The molecule has 0 saturated heterocycles. The van der Waals surface area contributed by atoms with Gasteiger partial charge in [-0.3, -0.25) is 0 Å². The van der Waals surface area contributed by atoms with Crippen molar-refractivity contribution in [3.05, 3.63) is 11.6 Å². The molecule has 3 nitrogen and oxygen atoms in total. The quantitative estimate of drug-likeness (QED) is 0.542. The van der Waals surface area contributed by atoms with Gasteiger partial charge in [-0.2, -0.15) is 0 Å². The lowest BCUT2D eigenvalue weighted by atomic mass is 9.97. The van der Waals surface area contributed by atoms with E-state index in [0.717, 1.165) is 32.5 Å². The summed E-state index contributed by atoms with van der Waals surface area (Å²) in [7, 11) is 1.68. The SMILES string of the molecule is COCCCN.NCCC1=CCCCC1. The highest BCUT2D eigenvalue weighted by atomic mass is 16.5. The van der Waals surface area contributed by atoms with E-state index in [2.05, 4.69) is 6.08 Å². The first kappa shape index (κ1) is 14.6. The third-order valence-corrected chi connectivity index (χ3v) is 2.40. The zero-order valence-electron chi connectivity index (χ0n) is 10.0. The predicted octanol–water partition coefficient (Wildman–Crippen LogP) is 1.82. The average Bonchev–Trinajstić information content (AvgIpc) is 2.29. The van der Waals surface area contributed by atoms with Gasteiger partial charge in [0.2, 0.25) is 0 Å². The van der Waals surface area contributed by atoms with Gasteiger partial charge in [0.05, 0.1) is 0 Å². The van der Waals surface area contributed by atoms with Crippen LogP contribution in [0.25, 0.3) is 0 Å². The Morgan fingerprint density at radius 1 is 1.27 bits per heavy atom. The van der Waals surface area contributed by atoms with E-state index in [1.165, 1.54) is 25.7 Å². The normalized spacial score (nSPS) is 15.3. The molecule has 0 amide bonds. The summed E-state index contributed by atoms with van der Waals surface area (Å²) >= 11 is 0. The molecule has 0 radical (unpaired) electrons. The molecule has 0 aromatic rings. The van der Waals surface area contributed by atoms with Crippen LogP contribution in [-0.4, -0.2) is 26.8 Å². The largest absolute Gasteiger partial charge is 0.385 e. The molecule has 0 aromatic carbocycles.